The molecule has 3 aliphatic heterocycles. The summed E-state index contributed by atoms with van der Waals surface area (Å²) in [6, 6.07) is 1.24. The molecule has 0 atom stereocenters. The van der Waals surface area contributed by atoms with Gasteiger partial charge in [-0.05, 0) is 77.8 Å². The summed E-state index contributed by atoms with van der Waals surface area (Å²) >= 11 is 0. The molecule has 0 aromatic rings. The number of hydrogen-bond donors (Lipinski definition) is 0. The van der Waals surface area contributed by atoms with Crippen LogP contribution in [0.25, 0.3) is 0 Å². The van der Waals surface area contributed by atoms with Crippen molar-refractivity contribution in [2.75, 3.05) is 39.3 Å². The molecule has 3 fully saturated rings. The van der Waals surface area contributed by atoms with E-state index in [1.807, 2.05) is 0 Å². The van der Waals surface area contributed by atoms with Crippen LogP contribution in [0.4, 0.5) is 0 Å². The van der Waals surface area contributed by atoms with E-state index in [-0.39, 0.29) is 0 Å². The molecule has 0 N–H and O–H groups in total. The van der Waals surface area contributed by atoms with Crippen molar-refractivity contribution in [3.63, 3.8) is 0 Å². The fraction of sp³-hybridized carbons (Fsp3) is 0.889. The zero-order valence-corrected chi connectivity index (χ0v) is 15.4. The summed E-state index contributed by atoms with van der Waals surface area (Å²) in [7, 11) is -1.71. The monoisotopic (exact) mass is 321 g/mol. The van der Waals surface area contributed by atoms with E-state index < -0.39 is 8.56 Å². The second-order valence-corrected chi connectivity index (χ2v) is 11.3. The number of hydrogen-bond acceptors (Lipinski definition) is 3. The van der Waals surface area contributed by atoms with Gasteiger partial charge in [0.1, 0.15) is 0 Å². The topological polar surface area (TPSA) is 9.72 Å². The zero-order valence-electron chi connectivity index (χ0n) is 14.4. The van der Waals surface area contributed by atoms with Crippen molar-refractivity contribution in [3.8, 4) is 0 Å². The third-order valence-corrected chi connectivity index (χ3v) is 11.2. The lowest BCUT2D eigenvalue weighted by molar-refractivity contribution is 0.188. The molecule has 0 bridgehead atoms. The Hall–Kier alpha value is -0.163. The molecule has 0 saturated carbocycles. The summed E-state index contributed by atoms with van der Waals surface area (Å²) in [4.78, 5) is 0. The molecule has 3 heterocycles. The molecule has 0 spiro atoms. The van der Waals surface area contributed by atoms with E-state index >= 15 is 0 Å². The Balaban J connectivity index is 1.89. The lowest BCUT2D eigenvalue weighted by Crippen LogP contribution is -2.76. The normalized spacial score (nSPS) is 26.9. The Bertz CT molecular complexity index is 297. The third-order valence-electron chi connectivity index (χ3n) is 6.01. The molecule has 3 nitrogen and oxygen atoms in total. The predicted octanol–water partition coefficient (Wildman–Crippen LogP) is 3.57. The van der Waals surface area contributed by atoms with E-state index in [4.69, 9.17) is 0 Å². The Labute approximate surface area is 138 Å². The smallest absolute Gasteiger partial charge is 0.293 e. The highest BCUT2D eigenvalue weighted by atomic mass is 28.4. The van der Waals surface area contributed by atoms with Gasteiger partial charge in [0.25, 0.3) is 8.56 Å². The molecule has 3 saturated heterocycles. The first kappa shape index (κ1) is 16.7. The SMILES string of the molecule is C=CC[Si](N1CCCCC1)(N1CCCCC1)N1CCCCC1. The Morgan fingerprint density at radius 1 is 0.591 bits per heavy atom. The minimum absolute atomic E-state index is 1.24. The average molecular weight is 322 g/mol. The van der Waals surface area contributed by atoms with E-state index in [0.717, 1.165) is 0 Å². The van der Waals surface area contributed by atoms with Crippen molar-refractivity contribution in [3.05, 3.63) is 12.7 Å². The first-order valence-electron chi connectivity index (χ1n) is 9.74. The van der Waals surface area contributed by atoms with E-state index in [0.29, 0.717) is 0 Å². The van der Waals surface area contributed by atoms with E-state index in [2.05, 4.69) is 26.4 Å². The van der Waals surface area contributed by atoms with Gasteiger partial charge in [-0.3, -0.25) is 13.7 Å². The molecule has 0 aromatic heterocycles. The minimum Gasteiger partial charge on any atom is -0.299 e. The van der Waals surface area contributed by atoms with Gasteiger partial charge in [-0.15, -0.1) is 6.58 Å². The largest absolute Gasteiger partial charge is 0.299 e. The number of nitrogens with zero attached hydrogens (tertiary/aromatic N) is 3. The van der Waals surface area contributed by atoms with Gasteiger partial charge in [0.15, 0.2) is 0 Å². The highest BCUT2D eigenvalue weighted by molar-refractivity contribution is 6.72. The summed E-state index contributed by atoms with van der Waals surface area (Å²) in [5.41, 5.74) is 0. The highest BCUT2D eigenvalue weighted by Crippen LogP contribution is 2.33. The molecule has 0 aliphatic carbocycles. The van der Waals surface area contributed by atoms with Crippen molar-refractivity contribution in [2.24, 2.45) is 0 Å². The Morgan fingerprint density at radius 2 is 0.909 bits per heavy atom. The van der Waals surface area contributed by atoms with Crippen molar-refractivity contribution < 1.29 is 0 Å². The molecular formula is C18H35N3Si. The van der Waals surface area contributed by atoms with Crippen molar-refractivity contribution in [1.29, 1.82) is 0 Å². The van der Waals surface area contributed by atoms with Crippen LogP contribution in [0.15, 0.2) is 12.7 Å². The van der Waals surface area contributed by atoms with E-state index in [1.165, 1.54) is 103 Å². The van der Waals surface area contributed by atoms with Gasteiger partial charge in [-0.25, -0.2) is 0 Å². The van der Waals surface area contributed by atoms with Gasteiger partial charge in [0, 0.05) is 6.04 Å². The fourth-order valence-corrected chi connectivity index (χ4v) is 10.4. The molecule has 126 valence electrons. The van der Waals surface area contributed by atoms with Gasteiger partial charge >= 0.3 is 0 Å². The highest BCUT2D eigenvalue weighted by Gasteiger charge is 2.50. The summed E-state index contributed by atoms with van der Waals surface area (Å²) < 4.78 is 8.90. The maximum absolute atomic E-state index is 4.18. The van der Waals surface area contributed by atoms with Crippen LogP contribution in [0.5, 0.6) is 0 Å². The molecule has 0 radical (unpaired) electrons. The number of piperidine rings is 3. The third kappa shape index (κ3) is 3.35. The van der Waals surface area contributed by atoms with Gasteiger partial charge in [0.2, 0.25) is 0 Å². The first-order valence-corrected chi connectivity index (χ1v) is 11.8. The predicted molar refractivity (Wildman–Crippen MR) is 97.0 cm³/mol. The molecule has 3 rings (SSSR count). The zero-order chi connectivity index (χ0) is 15.3. The van der Waals surface area contributed by atoms with Gasteiger partial charge < -0.3 is 0 Å². The summed E-state index contributed by atoms with van der Waals surface area (Å²) in [5.74, 6) is 0. The summed E-state index contributed by atoms with van der Waals surface area (Å²) in [5, 5.41) is 0. The maximum Gasteiger partial charge on any atom is 0.293 e. The minimum atomic E-state index is -1.71. The van der Waals surface area contributed by atoms with Crippen LogP contribution in [0.2, 0.25) is 6.04 Å². The van der Waals surface area contributed by atoms with Gasteiger partial charge in [0.05, 0.1) is 0 Å². The van der Waals surface area contributed by atoms with Crippen LogP contribution >= 0.6 is 0 Å². The molecule has 3 aliphatic rings. The first-order chi connectivity index (χ1) is 10.9. The number of allylic oxidation sites excluding steroid dienone is 1. The van der Waals surface area contributed by atoms with Crippen LogP contribution in [-0.4, -0.2) is 61.5 Å². The fourth-order valence-electron chi connectivity index (χ4n) is 4.94. The quantitative estimate of drug-likeness (QED) is 0.566. The average Bonchev–Trinajstić information content (AvgIpc) is 2.62. The molecule has 22 heavy (non-hydrogen) atoms. The molecular weight excluding hydrogens is 286 g/mol. The lowest BCUT2D eigenvalue weighted by Gasteiger charge is -2.56. The molecule has 0 unspecified atom stereocenters. The summed E-state index contributed by atoms with van der Waals surface area (Å²) in [6.07, 6.45) is 15.0. The van der Waals surface area contributed by atoms with E-state index in [1.54, 1.807) is 0 Å². The van der Waals surface area contributed by atoms with Gasteiger partial charge in [-0.2, -0.15) is 0 Å². The van der Waals surface area contributed by atoms with Crippen LogP contribution in [-0.2, 0) is 0 Å². The molecule has 0 amide bonds. The molecule has 4 heteroatoms. The standard InChI is InChI=1S/C18H35N3Si/c1-2-18-22(19-12-6-3-7-13-19,20-14-8-4-9-15-20)21-16-10-5-11-17-21/h2H,1,3-18H2. The second-order valence-electron chi connectivity index (χ2n) is 7.41. The summed E-state index contributed by atoms with van der Waals surface area (Å²) in [6.45, 7) is 12.2. The lowest BCUT2D eigenvalue weighted by atomic mass is 10.2. The maximum atomic E-state index is 4.18. The van der Waals surface area contributed by atoms with Crippen molar-refractivity contribution >= 4 is 8.56 Å². The van der Waals surface area contributed by atoms with Crippen LogP contribution in [0, 0.1) is 0 Å². The number of rotatable bonds is 5. The van der Waals surface area contributed by atoms with Crippen molar-refractivity contribution in [1.82, 2.24) is 13.7 Å². The second kappa shape index (κ2) is 8.09. The van der Waals surface area contributed by atoms with Crippen LogP contribution < -0.4 is 0 Å². The van der Waals surface area contributed by atoms with E-state index in [9.17, 15) is 0 Å². The van der Waals surface area contributed by atoms with Gasteiger partial charge in [-0.1, -0.05) is 25.3 Å². The molecule has 0 aromatic carbocycles. The van der Waals surface area contributed by atoms with Crippen molar-refractivity contribution in [2.45, 2.75) is 63.8 Å². The Kier molecular flexibility index (Phi) is 6.14. The van der Waals surface area contributed by atoms with Crippen LogP contribution in [0.1, 0.15) is 57.8 Å². The van der Waals surface area contributed by atoms with Crippen LogP contribution in [0.3, 0.4) is 0 Å². The Morgan fingerprint density at radius 3 is 1.18 bits per heavy atom.